The maximum atomic E-state index is 12.8. The molecule has 0 fully saturated rings. The van der Waals surface area contributed by atoms with Gasteiger partial charge in [-0.2, -0.15) is 0 Å². The first-order chi connectivity index (χ1) is 30.5. The fourth-order valence-electron chi connectivity index (χ4n) is 7.33. The smallest absolute Gasteiger partial charge is 0.306 e. The summed E-state index contributed by atoms with van der Waals surface area (Å²) in [7, 11) is 0. The Morgan fingerprint density at radius 2 is 0.677 bits per heavy atom. The molecule has 1 unspecified atom stereocenters. The number of unbranched alkanes of at least 4 members (excludes halogenated alkanes) is 27. The zero-order valence-corrected chi connectivity index (χ0v) is 40.9. The number of ether oxygens (including phenoxy) is 3. The van der Waals surface area contributed by atoms with Crippen LogP contribution in [0.1, 0.15) is 258 Å². The molecule has 1 atom stereocenters. The first kappa shape index (κ1) is 59.1. The van der Waals surface area contributed by atoms with Crippen molar-refractivity contribution >= 4 is 17.9 Å². The van der Waals surface area contributed by atoms with Crippen LogP contribution in [0.25, 0.3) is 0 Å². The maximum absolute atomic E-state index is 12.8. The van der Waals surface area contributed by atoms with E-state index in [0.717, 1.165) is 96.3 Å². The second kappa shape index (κ2) is 50.8. The van der Waals surface area contributed by atoms with Crippen LogP contribution in [-0.2, 0) is 28.6 Å². The SMILES string of the molecule is CC/C=C\C/C=C\C/C=C\CCCCC(=O)OCC(COC(=O)CCCCCCC/C=C\C=C/CCCCCCCCC)OC(=O)CCCCCCCCCCCCCCCC. The first-order valence-electron chi connectivity index (χ1n) is 26.3. The number of carbonyl (C=O) groups is 3. The van der Waals surface area contributed by atoms with Crippen molar-refractivity contribution in [1.82, 2.24) is 0 Å². The molecule has 0 heterocycles. The first-order valence-corrected chi connectivity index (χ1v) is 26.3. The van der Waals surface area contributed by atoms with E-state index >= 15 is 0 Å². The van der Waals surface area contributed by atoms with Crippen LogP contribution < -0.4 is 0 Å². The molecule has 6 nitrogen and oxygen atoms in total. The Bertz CT molecular complexity index is 1130. The van der Waals surface area contributed by atoms with Gasteiger partial charge >= 0.3 is 17.9 Å². The van der Waals surface area contributed by atoms with E-state index in [2.05, 4.69) is 81.5 Å². The molecule has 0 rings (SSSR count). The van der Waals surface area contributed by atoms with Gasteiger partial charge in [0.15, 0.2) is 6.10 Å². The predicted octanol–water partition coefficient (Wildman–Crippen LogP) is 17.3. The van der Waals surface area contributed by atoms with Crippen LogP contribution in [-0.4, -0.2) is 37.2 Å². The molecule has 0 aliphatic heterocycles. The third-order valence-electron chi connectivity index (χ3n) is 11.3. The van der Waals surface area contributed by atoms with Gasteiger partial charge in [0.05, 0.1) is 0 Å². The summed E-state index contributed by atoms with van der Waals surface area (Å²) in [5, 5.41) is 0. The van der Waals surface area contributed by atoms with Gasteiger partial charge < -0.3 is 14.2 Å². The van der Waals surface area contributed by atoms with E-state index in [1.807, 2.05) is 0 Å². The summed E-state index contributed by atoms with van der Waals surface area (Å²) in [6, 6.07) is 0. The molecule has 0 aliphatic carbocycles. The number of esters is 3. The highest BCUT2D eigenvalue weighted by atomic mass is 16.6. The van der Waals surface area contributed by atoms with Crippen LogP contribution in [0.4, 0.5) is 0 Å². The van der Waals surface area contributed by atoms with Crippen LogP contribution in [0.3, 0.4) is 0 Å². The van der Waals surface area contributed by atoms with Crippen molar-refractivity contribution < 1.29 is 28.6 Å². The average molecular weight is 867 g/mol. The number of rotatable bonds is 47. The lowest BCUT2D eigenvalue weighted by Crippen LogP contribution is -2.30. The normalized spacial score (nSPS) is 12.5. The van der Waals surface area contributed by atoms with Crippen molar-refractivity contribution in [3.8, 4) is 0 Å². The molecule has 62 heavy (non-hydrogen) atoms. The summed E-state index contributed by atoms with van der Waals surface area (Å²) in [6.45, 7) is 6.48. The topological polar surface area (TPSA) is 78.9 Å². The lowest BCUT2D eigenvalue weighted by atomic mass is 10.0. The third-order valence-corrected chi connectivity index (χ3v) is 11.3. The Balaban J connectivity index is 4.41. The van der Waals surface area contributed by atoms with E-state index in [1.54, 1.807) is 0 Å². The van der Waals surface area contributed by atoms with Crippen molar-refractivity contribution in [2.45, 2.75) is 264 Å². The Labute approximate surface area is 383 Å². The molecule has 0 aromatic rings. The molecule has 0 spiro atoms. The number of hydrogen-bond acceptors (Lipinski definition) is 6. The highest BCUT2D eigenvalue weighted by Gasteiger charge is 2.19. The molecule has 0 aromatic heterocycles. The van der Waals surface area contributed by atoms with Gasteiger partial charge in [-0.15, -0.1) is 0 Å². The van der Waals surface area contributed by atoms with E-state index < -0.39 is 6.10 Å². The Morgan fingerprint density at radius 3 is 1.11 bits per heavy atom. The molecule has 358 valence electrons. The van der Waals surface area contributed by atoms with Crippen molar-refractivity contribution in [1.29, 1.82) is 0 Å². The van der Waals surface area contributed by atoms with Crippen LogP contribution in [0.15, 0.2) is 60.8 Å². The van der Waals surface area contributed by atoms with Crippen LogP contribution in [0, 0.1) is 0 Å². The number of allylic oxidation sites excluding steroid dienone is 10. The van der Waals surface area contributed by atoms with Gasteiger partial charge in [0.25, 0.3) is 0 Å². The van der Waals surface area contributed by atoms with Crippen LogP contribution in [0.5, 0.6) is 0 Å². The fourth-order valence-corrected chi connectivity index (χ4v) is 7.33. The minimum atomic E-state index is -0.793. The fraction of sp³-hybridized carbons (Fsp3) is 0.768. The second-order valence-electron chi connectivity index (χ2n) is 17.4. The molecule has 0 bridgehead atoms. The van der Waals surface area contributed by atoms with E-state index in [0.29, 0.717) is 19.3 Å². The largest absolute Gasteiger partial charge is 0.462 e. The number of carbonyl (C=O) groups excluding carboxylic acids is 3. The molecule has 0 amide bonds. The average Bonchev–Trinajstić information content (AvgIpc) is 3.27. The van der Waals surface area contributed by atoms with Crippen molar-refractivity contribution in [2.24, 2.45) is 0 Å². The van der Waals surface area contributed by atoms with E-state index in [4.69, 9.17) is 14.2 Å². The standard InChI is InChI=1S/C56H98O6/c1-4-7-10-13-16-19-22-25-27-28-29-30-32-34-37-40-43-46-49-55(58)61-52-53(51-60-54(57)48-45-42-39-36-33-24-21-18-15-12-9-6-3)62-56(59)50-47-44-41-38-35-31-26-23-20-17-14-11-8-5-2/h9,12,18,21,27-30,33,36,53H,4-8,10-11,13-17,19-20,22-26,31-32,34-35,37-52H2,1-3H3/b12-9-,21-18-,28-27-,30-29-,36-33-. The molecular weight excluding hydrogens is 769 g/mol. The van der Waals surface area contributed by atoms with Gasteiger partial charge in [0, 0.05) is 19.3 Å². The quantitative estimate of drug-likeness (QED) is 0.0199. The Hall–Kier alpha value is -2.89. The van der Waals surface area contributed by atoms with Gasteiger partial charge in [-0.3, -0.25) is 14.4 Å². The van der Waals surface area contributed by atoms with Gasteiger partial charge in [-0.05, 0) is 77.0 Å². The Morgan fingerprint density at radius 1 is 0.355 bits per heavy atom. The minimum absolute atomic E-state index is 0.0927. The molecule has 0 aromatic carbocycles. The summed E-state index contributed by atoms with van der Waals surface area (Å²) < 4.78 is 16.8. The van der Waals surface area contributed by atoms with Crippen molar-refractivity contribution in [3.63, 3.8) is 0 Å². The lowest BCUT2D eigenvalue weighted by Gasteiger charge is -2.18. The molecule has 0 N–H and O–H groups in total. The van der Waals surface area contributed by atoms with Crippen molar-refractivity contribution in [3.05, 3.63) is 60.8 Å². The monoisotopic (exact) mass is 867 g/mol. The Kier molecular flexibility index (Phi) is 48.4. The molecule has 6 heteroatoms. The van der Waals surface area contributed by atoms with E-state index in [-0.39, 0.29) is 31.1 Å². The van der Waals surface area contributed by atoms with Crippen LogP contribution >= 0.6 is 0 Å². The summed E-state index contributed by atoms with van der Waals surface area (Å²) in [4.78, 5) is 37.9. The van der Waals surface area contributed by atoms with Gasteiger partial charge in [0.2, 0.25) is 0 Å². The summed E-state index contributed by atoms with van der Waals surface area (Å²) in [5.41, 5.74) is 0. The zero-order valence-electron chi connectivity index (χ0n) is 40.9. The lowest BCUT2D eigenvalue weighted by molar-refractivity contribution is -0.167. The van der Waals surface area contributed by atoms with Crippen LogP contribution in [0.2, 0.25) is 0 Å². The highest BCUT2D eigenvalue weighted by molar-refractivity contribution is 5.71. The zero-order chi connectivity index (χ0) is 45.1. The van der Waals surface area contributed by atoms with Gasteiger partial charge in [-0.1, -0.05) is 223 Å². The summed E-state index contributed by atoms with van der Waals surface area (Å²) >= 11 is 0. The van der Waals surface area contributed by atoms with E-state index in [1.165, 1.54) is 122 Å². The maximum Gasteiger partial charge on any atom is 0.306 e. The summed E-state index contributed by atoms with van der Waals surface area (Å²) in [5.74, 6) is -0.941. The second-order valence-corrected chi connectivity index (χ2v) is 17.4. The van der Waals surface area contributed by atoms with Gasteiger partial charge in [-0.25, -0.2) is 0 Å². The van der Waals surface area contributed by atoms with E-state index in [9.17, 15) is 14.4 Å². The summed E-state index contributed by atoms with van der Waals surface area (Å²) in [6.07, 6.45) is 62.1. The minimum Gasteiger partial charge on any atom is -0.462 e. The molecule has 0 radical (unpaired) electrons. The predicted molar refractivity (Wildman–Crippen MR) is 265 cm³/mol. The molecule has 0 saturated heterocycles. The third kappa shape index (κ3) is 48.1. The molecular formula is C56H98O6. The number of hydrogen-bond donors (Lipinski definition) is 0. The highest BCUT2D eigenvalue weighted by Crippen LogP contribution is 2.15. The molecule has 0 saturated carbocycles. The van der Waals surface area contributed by atoms with Gasteiger partial charge in [0.1, 0.15) is 13.2 Å². The van der Waals surface area contributed by atoms with Crippen molar-refractivity contribution in [2.75, 3.05) is 13.2 Å². The molecule has 0 aliphatic rings.